The third-order valence-corrected chi connectivity index (χ3v) is 14.0. The second-order valence-electron chi connectivity index (χ2n) is 19.3. The maximum absolute atomic E-state index is 13.7. The van der Waals surface area contributed by atoms with E-state index in [0.717, 1.165) is 54.8 Å². The predicted octanol–water partition coefficient (Wildman–Crippen LogP) is 7.50. The van der Waals surface area contributed by atoms with Gasteiger partial charge in [-0.3, -0.25) is 14.4 Å². The van der Waals surface area contributed by atoms with Gasteiger partial charge in [0.2, 0.25) is 17.7 Å². The van der Waals surface area contributed by atoms with Crippen molar-refractivity contribution in [1.29, 1.82) is 0 Å². The summed E-state index contributed by atoms with van der Waals surface area (Å²) in [5.41, 5.74) is 6.99. The number of nitrogens with zero attached hydrogens (tertiary/aromatic N) is 1. The molecule has 0 spiro atoms. The normalized spacial score (nSPS) is 29.6. The molecular weight excluding hydrogens is 679 g/mol. The van der Waals surface area contributed by atoms with Gasteiger partial charge >= 0.3 is 6.09 Å². The number of hydrogen-bond donors (Lipinski definition) is 4. The Balaban J connectivity index is 1.30. The summed E-state index contributed by atoms with van der Waals surface area (Å²) in [7, 11) is 0. The zero-order chi connectivity index (χ0) is 39.7. The monoisotopic (exact) mass is 756 g/mol. The van der Waals surface area contributed by atoms with Crippen molar-refractivity contribution in [1.82, 2.24) is 20.9 Å². The van der Waals surface area contributed by atoms with E-state index in [-0.39, 0.29) is 74.2 Å². The van der Waals surface area contributed by atoms with Gasteiger partial charge in [-0.25, -0.2) is 4.79 Å². The lowest BCUT2D eigenvalue weighted by Gasteiger charge is -2.59. The fraction of sp³-hybridized carbons (Fsp3) is 0.864. The molecule has 4 rings (SSSR count). The van der Waals surface area contributed by atoms with Crippen molar-refractivity contribution in [2.24, 2.45) is 52.1 Å². The lowest BCUT2D eigenvalue weighted by molar-refractivity contribution is -0.122. The molecule has 4 amide bonds. The number of rotatable bonds is 18. The first-order valence-electron chi connectivity index (χ1n) is 21.7. The van der Waals surface area contributed by atoms with Crippen LogP contribution in [0.15, 0.2) is 11.6 Å². The predicted molar refractivity (Wildman–Crippen MR) is 216 cm³/mol. The largest absolute Gasteiger partial charge is 0.444 e. The van der Waals surface area contributed by atoms with E-state index < -0.39 is 5.60 Å². The van der Waals surface area contributed by atoms with E-state index >= 15 is 0 Å². The number of amides is 4. The molecule has 4 unspecified atom stereocenters. The van der Waals surface area contributed by atoms with Crippen molar-refractivity contribution in [2.45, 2.75) is 163 Å². The van der Waals surface area contributed by atoms with Gasteiger partial charge in [0, 0.05) is 58.0 Å². The number of nitrogens with one attached hydrogen (secondary N) is 3. The van der Waals surface area contributed by atoms with Crippen molar-refractivity contribution in [3.8, 4) is 0 Å². The molecule has 3 saturated carbocycles. The van der Waals surface area contributed by atoms with Crippen LogP contribution < -0.4 is 21.7 Å². The number of ether oxygens (including phenoxy) is 1. The molecule has 0 radical (unpaired) electrons. The van der Waals surface area contributed by atoms with Crippen molar-refractivity contribution < 1.29 is 23.9 Å². The number of nitrogens with two attached hydrogens (primary N) is 1. The fourth-order valence-corrected chi connectivity index (χ4v) is 11.2. The first-order chi connectivity index (χ1) is 25.5. The molecular formula is C44H77N5O5. The van der Waals surface area contributed by atoms with Crippen LogP contribution in [-0.4, -0.2) is 73.1 Å². The topological polar surface area (TPSA) is 143 Å². The van der Waals surface area contributed by atoms with Gasteiger partial charge in [0.1, 0.15) is 5.60 Å². The Bertz CT molecular complexity index is 1310. The molecule has 8 atom stereocenters. The number of allylic oxidation sites excluding steroid dienone is 1. The van der Waals surface area contributed by atoms with Gasteiger partial charge in [0.25, 0.3) is 0 Å². The fourth-order valence-electron chi connectivity index (χ4n) is 11.2. The molecule has 308 valence electrons. The van der Waals surface area contributed by atoms with Crippen molar-refractivity contribution in [2.75, 3.05) is 32.7 Å². The summed E-state index contributed by atoms with van der Waals surface area (Å²) in [5, 5.41) is 8.33. The smallest absolute Gasteiger partial charge is 0.410 e. The van der Waals surface area contributed by atoms with Gasteiger partial charge in [-0.05, 0) is 125 Å². The van der Waals surface area contributed by atoms with E-state index in [4.69, 9.17) is 10.5 Å². The molecule has 4 aliphatic rings. The van der Waals surface area contributed by atoms with E-state index in [1.807, 2.05) is 25.7 Å². The van der Waals surface area contributed by atoms with Gasteiger partial charge in [0.05, 0.1) is 0 Å². The summed E-state index contributed by atoms with van der Waals surface area (Å²) >= 11 is 0. The molecule has 0 bridgehead atoms. The molecule has 0 aromatic rings. The highest BCUT2D eigenvalue weighted by molar-refractivity contribution is 5.80. The Hall–Kier alpha value is -2.62. The van der Waals surface area contributed by atoms with Crippen molar-refractivity contribution in [3.63, 3.8) is 0 Å². The third kappa shape index (κ3) is 11.5. The summed E-state index contributed by atoms with van der Waals surface area (Å²) < 4.78 is 5.94. The number of fused-ring (bicyclic) bond motifs is 5. The van der Waals surface area contributed by atoms with Crippen molar-refractivity contribution in [3.05, 3.63) is 11.6 Å². The van der Waals surface area contributed by atoms with Crippen molar-refractivity contribution >= 4 is 23.8 Å². The van der Waals surface area contributed by atoms with Gasteiger partial charge in [0.15, 0.2) is 0 Å². The Morgan fingerprint density at radius 3 is 2.13 bits per heavy atom. The van der Waals surface area contributed by atoms with Crippen LogP contribution in [-0.2, 0) is 19.1 Å². The van der Waals surface area contributed by atoms with Gasteiger partial charge in [-0.2, -0.15) is 0 Å². The first kappa shape index (κ1) is 44.1. The van der Waals surface area contributed by atoms with Crippen LogP contribution in [0.2, 0.25) is 0 Å². The molecule has 10 heteroatoms. The first-order valence-corrected chi connectivity index (χ1v) is 21.7. The summed E-state index contributed by atoms with van der Waals surface area (Å²) in [4.78, 5) is 51.7. The van der Waals surface area contributed by atoms with Crippen LogP contribution in [0.1, 0.15) is 152 Å². The number of hydrogen-bond acceptors (Lipinski definition) is 6. The van der Waals surface area contributed by atoms with Crippen LogP contribution in [0.5, 0.6) is 0 Å². The van der Waals surface area contributed by atoms with E-state index in [2.05, 4.69) is 56.6 Å². The maximum atomic E-state index is 13.7. The summed E-state index contributed by atoms with van der Waals surface area (Å²) in [6.45, 7) is 19.9. The Labute approximate surface area is 327 Å². The average molecular weight is 756 g/mol. The highest BCUT2D eigenvalue weighted by atomic mass is 16.6. The molecule has 3 fully saturated rings. The molecule has 0 heterocycles. The van der Waals surface area contributed by atoms with E-state index in [1.165, 1.54) is 51.4 Å². The summed E-state index contributed by atoms with van der Waals surface area (Å²) in [6, 6.07) is 0.0816. The van der Waals surface area contributed by atoms with Crippen LogP contribution in [0.25, 0.3) is 0 Å². The second-order valence-corrected chi connectivity index (χ2v) is 19.3. The minimum Gasteiger partial charge on any atom is -0.444 e. The zero-order valence-electron chi connectivity index (χ0n) is 35.3. The van der Waals surface area contributed by atoms with Crippen LogP contribution in [0.4, 0.5) is 4.79 Å². The highest BCUT2D eigenvalue weighted by Crippen LogP contribution is 2.67. The van der Waals surface area contributed by atoms with Crippen LogP contribution >= 0.6 is 0 Å². The minimum atomic E-state index is -0.593. The third-order valence-electron chi connectivity index (χ3n) is 14.0. The molecule has 5 N–H and O–H groups in total. The zero-order valence-corrected chi connectivity index (χ0v) is 35.3. The van der Waals surface area contributed by atoms with E-state index in [9.17, 15) is 19.2 Å². The molecule has 0 aromatic heterocycles. The van der Waals surface area contributed by atoms with Crippen LogP contribution in [0, 0.1) is 46.3 Å². The lowest BCUT2D eigenvalue weighted by Crippen LogP contribution is -2.53. The average Bonchev–Trinajstić information content (AvgIpc) is 3.44. The number of carbonyl (C=O) groups is 4. The molecule has 10 nitrogen and oxygen atoms in total. The Morgan fingerprint density at radius 1 is 0.852 bits per heavy atom. The van der Waals surface area contributed by atoms with Gasteiger partial charge in [-0.15, -0.1) is 0 Å². The number of carbonyl (C=O) groups excluding carboxylic acids is 4. The second kappa shape index (κ2) is 19.5. The molecule has 54 heavy (non-hydrogen) atoms. The standard InChI is InChI=1S/C44H77N5O5/c1-30(2)11-9-12-31(3)35-15-16-36-34-14-13-32-29-33(17-22-43(32,7)37(34)18-23-44(35,36)8)49(41(53)54-42(4,5)6)28-10-25-46-39(51)20-27-48-40(52)21-26-47-38(50)19-24-45/h13,30-31,33-37H,9-12,14-29,45H2,1-8H3,(H,46,51)(H,47,50)(H,48,52)/t31-,33-,34-,35?,36+,37?,43?,44?/m1/s1. The Morgan fingerprint density at radius 2 is 1.50 bits per heavy atom. The molecule has 0 aromatic carbocycles. The summed E-state index contributed by atoms with van der Waals surface area (Å²) in [5.74, 6) is 4.24. The molecule has 0 saturated heterocycles. The van der Waals surface area contributed by atoms with Gasteiger partial charge in [-0.1, -0.05) is 65.5 Å². The SMILES string of the molecule is CC(C)CCC[C@@H](C)C1CC[C@H]2[C@H]3CC=C4C[C@H](N(CCCNC(=O)CCNC(=O)CCNC(=O)CCN)C(=O)OC(C)(C)C)CCC4(C)C3CCC12C. The minimum absolute atomic E-state index is 0.0816. The quantitative estimate of drug-likeness (QED) is 0.0843. The lowest BCUT2D eigenvalue weighted by atomic mass is 9.46. The highest BCUT2D eigenvalue weighted by Gasteiger charge is 2.59. The van der Waals surface area contributed by atoms with Gasteiger partial charge < -0.3 is 31.3 Å². The summed E-state index contributed by atoms with van der Waals surface area (Å²) in [6.07, 6.45) is 17.2. The molecule has 4 aliphatic carbocycles. The van der Waals surface area contributed by atoms with Crippen LogP contribution in [0.3, 0.4) is 0 Å². The molecule has 0 aliphatic heterocycles. The van der Waals surface area contributed by atoms with E-state index in [1.54, 1.807) is 5.57 Å². The van der Waals surface area contributed by atoms with E-state index in [0.29, 0.717) is 24.9 Å². The maximum Gasteiger partial charge on any atom is 0.410 e. The Kier molecular flexibility index (Phi) is 15.9.